The van der Waals surface area contributed by atoms with Crippen LogP contribution in [-0.2, 0) is 5.41 Å². The van der Waals surface area contributed by atoms with Crippen LogP contribution in [0.5, 0.6) is 0 Å². The number of rotatable bonds is 6. The summed E-state index contributed by atoms with van der Waals surface area (Å²) in [5.41, 5.74) is 18.2. The quantitative estimate of drug-likeness (QED) is 0.170. The molecular formula is C55H39N3. The van der Waals surface area contributed by atoms with Crippen molar-refractivity contribution < 1.29 is 0 Å². The van der Waals surface area contributed by atoms with Crippen LogP contribution < -0.4 is 0 Å². The van der Waals surface area contributed by atoms with Crippen LogP contribution in [0.1, 0.15) is 25.0 Å². The van der Waals surface area contributed by atoms with Crippen molar-refractivity contribution in [3.63, 3.8) is 0 Å². The summed E-state index contributed by atoms with van der Waals surface area (Å²) in [4.78, 5) is 10.6. The van der Waals surface area contributed by atoms with Crippen molar-refractivity contribution in [2.24, 2.45) is 0 Å². The van der Waals surface area contributed by atoms with E-state index in [0.717, 1.165) is 50.5 Å². The number of nitrogens with zero attached hydrogens (tertiary/aromatic N) is 3. The second kappa shape index (κ2) is 13.4. The fraction of sp³-hybridized carbons (Fsp3) is 0.0545. The first-order valence-corrected chi connectivity index (χ1v) is 20.0. The number of hydrogen-bond donors (Lipinski definition) is 0. The van der Waals surface area contributed by atoms with E-state index in [1.54, 1.807) is 0 Å². The Kier molecular flexibility index (Phi) is 7.84. The second-order valence-electron chi connectivity index (χ2n) is 15.8. The maximum absolute atomic E-state index is 5.32. The first kappa shape index (κ1) is 33.9. The molecule has 0 spiro atoms. The highest BCUT2D eigenvalue weighted by Crippen LogP contribution is 2.49. The lowest BCUT2D eigenvalue weighted by Crippen LogP contribution is -2.14. The molecule has 3 heteroatoms. The molecule has 8 aromatic carbocycles. The van der Waals surface area contributed by atoms with Gasteiger partial charge in [-0.25, -0.2) is 9.97 Å². The Morgan fingerprint density at radius 2 is 0.897 bits per heavy atom. The van der Waals surface area contributed by atoms with Gasteiger partial charge in [0.25, 0.3) is 0 Å². The molecule has 1 aliphatic rings. The van der Waals surface area contributed by atoms with Gasteiger partial charge in [-0.1, -0.05) is 166 Å². The van der Waals surface area contributed by atoms with Gasteiger partial charge in [-0.2, -0.15) is 0 Å². The molecule has 2 aromatic heterocycles. The van der Waals surface area contributed by atoms with Gasteiger partial charge in [0, 0.05) is 38.6 Å². The fourth-order valence-electron chi connectivity index (χ4n) is 9.09. The first-order valence-electron chi connectivity index (χ1n) is 20.0. The Hall–Kier alpha value is -7.36. The minimum atomic E-state index is -0.0714. The van der Waals surface area contributed by atoms with Gasteiger partial charge in [0.1, 0.15) is 0 Å². The third kappa shape index (κ3) is 5.58. The zero-order valence-electron chi connectivity index (χ0n) is 32.4. The predicted molar refractivity (Wildman–Crippen MR) is 241 cm³/mol. The Balaban J connectivity index is 1.09. The molecule has 0 N–H and O–H groups in total. The van der Waals surface area contributed by atoms with Gasteiger partial charge < -0.3 is 4.57 Å². The number of aromatic nitrogens is 3. The van der Waals surface area contributed by atoms with Gasteiger partial charge in [0.15, 0.2) is 5.82 Å². The summed E-state index contributed by atoms with van der Waals surface area (Å²) < 4.78 is 2.39. The summed E-state index contributed by atoms with van der Waals surface area (Å²) in [7, 11) is 0. The smallest absolute Gasteiger partial charge is 0.160 e. The zero-order chi connectivity index (χ0) is 38.8. The molecule has 0 saturated heterocycles. The maximum Gasteiger partial charge on any atom is 0.160 e. The van der Waals surface area contributed by atoms with Crippen LogP contribution in [0.4, 0.5) is 0 Å². The van der Waals surface area contributed by atoms with E-state index in [0.29, 0.717) is 5.82 Å². The summed E-state index contributed by atoms with van der Waals surface area (Å²) in [6.45, 7) is 4.68. The van der Waals surface area contributed by atoms with Crippen molar-refractivity contribution in [2.45, 2.75) is 19.3 Å². The minimum absolute atomic E-state index is 0.0714. The van der Waals surface area contributed by atoms with Crippen LogP contribution in [0.3, 0.4) is 0 Å². The van der Waals surface area contributed by atoms with E-state index in [1.165, 1.54) is 49.6 Å². The molecule has 58 heavy (non-hydrogen) atoms. The predicted octanol–water partition coefficient (Wildman–Crippen LogP) is 14.2. The van der Waals surface area contributed by atoms with E-state index in [2.05, 4.69) is 213 Å². The monoisotopic (exact) mass is 741 g/mol. The number of hydrogen-bond acceptors (Lipinski definition) is 2. The maximum atomic E-state index is 5.32. The van der Waals surface area contributed by atoms with E-state index in [4.69, 9.17) is 9.97 Å². The van der Waals surface area contributed by atoms with Gasteiger partial charge in [-0.05, 0) is 93.0 Å². The fourth-order valence-corrected chi connectivity index (χ4v) is 9.09. The molecule has 0 saturated carbocycles. The van der Waals surface area contributed by atoms with E-state index in [-0.39, 0.29) is 5.41 Å². The molecular weight excluding hydrogens is 703 g/mol. The third-order valence-corrected chi connectivity index (χ3v) is 12.0. The average Bonchev–Trinajstić information content (AvgIpc) is 3.75. The summed E-state index contributed by atoms with van der Waals surface area (Å²) in [5.74, 6) is 0.694. The van der Waals surface area contributed by atoms with E-state index < -0.39 is 0 Å². The van der Waals surface area contributed by atoms with Gasteiger partial charge in [0.05, 0.1) is 22.4 Å². The second-order valence-corrected chi connectivity index (χ2v) is 15.8. The molecule has 10 aromatic rings. The Morgan fingerprint density at radius 1 is 0.362 bits per heavy atom. The number of fused-ring (bicyclic) bond motifs is 6. The molecule has 0 unspecified atom stereocenters. The molecule has 0 atom stereocenters. The first-order chi connectivity index (χ1) is 28.5. The van der Waals surface area contributed by atoms with Crippen molar-refractivity contribution in [1.82, 2.24) is 14.5 Å². The van der Waals surface area contributed by atoms with Crippen molar-refractivity contribution in [2.75, 3.05) is 0 Å². The van der Waals surface area contributed by atoms with Crippen LogP contribution >= 0.6 is 0 Å². The molecule has 0 bridgehead atoms. The largest absolute Gasteiger partial charge is 0.309 e. The third-order valence-electron chi connectivity index (χ3n) is 12.0. The van der Waals surface area contributed by atoms with Gasteiger partial charge in [0.2, 0.25) is 0 Å². The minimum Gasteiger partial charge on any atom is -0.309 e. The van der Waals surface area contributed by atoms with Crippen molar-refractivity contribution in [1.29, 1.82) is 0 Å². The van der Waals surface area contributed by atoms with Crippen LogP contribution in [0, 0.1) is 0 Å². The highest BCUT2D eigenvalue weighted by molar-refractivity contribution is 6.09. The lowest BCUT2D eigenvalue weighted by molar-refractivity contribution is 0.660. The Bertz CT molecular complexity index is 3140. The highest BCUT2D eigenvalue weighted by atomic mass is 15.0. The lowest BCUT2D eigenvalue weighted by atomic mass is 9.81. The Morgan fingerprint density at radius 3 is 1.64 bits per heavy atom. The van der Waals surface area contributed by atoms with Crippen molar-refractivity contribution in [3.05, 3.63) is 211 Å². The van der Waals surface area contributed by atoms with E-state index >= 15 is 0 Å². The standard InChI is InChI=1S/C55H39N3/c1-55(2)48-25-12-9-22-44(48)45-29-28-39(34-49(45)55)38-20-15-21-40(30-38)50-35-51(57-54(56-50)37-18-7-4-8-19-37)42-31-41(36-16-5-3-6-17-36)32-43(33-42)58-52-26-13-10-23-46(52)47-24-11-14-27-53(47)58/h3-35H,1-2H3. The molecule has 3 nitrogen and oxygen atoms in total. The van der Waals surface area contributed by atoms with Crippen molar-refractivity contribution in [3.8, 4) is 73.0 Å². The SMILES string of the molecule is CC1(C)c2ccccc2-c2ccc(-c3cccc(-c4cc(-c5cc(-c6ccccc6)cc(-n6c7ccccc7c7ccccc76)c5)nc(-c5ccccc5)n4)c3)cc21. The summed E-state index contributed by atoms with van der Waals surface area (Å²) >= 11 is 0. The highest BCUT2D eigenvalue weighted by Gasteiger charge is 2.35. The van der Waals surface area contributed by atoms with Crippen LogP contribution in [0.15, 0.2) is 200 Å². The average molecular weight is 742 g/mol. The number of benzene rings is 8. The lowest BCUT2D eigenvalue weighted by Gasteiger charge is -2.22. The molecule has 0 amide bonds. The number of para-hydroxylation sites is 2. The molecule has 0 fully saturated rings. The molecule has 274 valence electrons. The van der Waals surface area contributed by atoms with Gasteiger partial charge >= 0.3 is 0 Å². The van der Waals surface area contributed by atoms with Gasteiger partial charge in [-0.3, -0.25) is 0 Å². The summed E-state index contributed by atoms with van der Waals surface area (Å²) in [6.07, 6.45) is 0. The zero-order valence-corrected chi connectivity index (χ0v) is 32.4. The Labute approximate surface area is 338 Å². The van der Waals surface area contributed by atoms with E-state index in [9.17, 15) is 0 Å². The molecule has 11 rings (SSSR count). The molecule has 0 radical (unpaired) electrons. The van der Waals surface area contributed by atoms with E-state index in [1.807, 2.05) is 6.07 Å². The molecule has 2 heterocycles. The van der Waals surface area contributed by atoms with Crippen LogP contribution in [-0.4, -0.2) is 14.5 Å². The summed E-state index contributed by atoms with van der Waals surface area (Å²) in [6, 6.07) is 71.9. The molecule has 1 aliphatic carbocycles. The van der Waals surface area contributed by atoms with Crippen LogP contribution in [0.25, 0.3) is 94.8 Å². The van der Waals surface area contributed by atoms with Crippen LogP contribution in [0.2, 0.25) is 0 Å². The molecule has 0 aliphatic heterocycles. The van der Waals surface area contributed by atoms with Crippen molar-refractivity contribution >= 4 is 21.8 Å². The normalized spacial score (nSPS) is 12.8. The summed E-state index contributed by atoms with van der Waals surface area (Å²) in [5, 5.41) is 2.47. The van der Waals surface area contributed by atoms with Gasteiger partial charge in [-0.15, -0.1) is 0 Å². The topological polar surface area (TPSA) is 30.7 Å².